The third kappa shape index (κ3) is 3.45. The Kier molecular flexibility index (Phi) is 5.84. The molecule has 0 saturated carbocycles. The normalized spacial score (nSPS) is 13.8. The molecule has 0 bridgehead atoms. The third-order valence-corrected chi connectivity index (χ3v) is 6.45. The van der Waals surface area contributed by atoms with Gasteiger partial charge in [0.2, 0.25) is 0 Å². The van der Waals surface area contributed by atoms with Gasteiger partial charge in [-0.05, 0) is 135 Å². The second-order valence-corrected chi connectivity index (χ2v) is 7.95. The number of aryl methyl sites for hydroxylation is 4. The molecule has 1 aliphatic carbocycles. The van der Waals surface area contributed by atoms with Gasteiger partial charge >= 0.3 is 0 Å². The van der Waals surface area contributed by atoms with E-state index in [0.29, 0.717) is 0 Å². The molecule has 0 radical (unpaired) electrons. The molecular weight excluding hydrogens is 316 g/mol. The zero-order valence-corrected chi connectivity index (χ0v) is 17.0. The van der Waals surface area contributed by atoms with Crippen molar-refractivity contribution in [1.29, 1.82) is 0 Å². The summed E-state index contributed by atoms with van der Waals surface area (Å²) >= 11 is 0. The van der Waals surface area contributed by atoms with Gasteiger partial charge in [0, 0.05) is 0 Å². The highest BCUT2D eigenvalue weighted by Crippen LogP contribution is 2.32. The summed E-state index contributed by atoms with van der Waals surface area (Å²) in [6.45, 7) is 10.5. The maximum atomic E-state index is 5.94. The number of rotatable bonds is 4. The monoisotopic (exact) mass is 350 g/mol. The van der Waals surface area contributed by atoms with Gasteiger partial charge in [-0.25, -0.2) is 0 Å². The number of fused-ring (bicyclic) bond motifs is 2. The molecule has 140 valence electrons. The second kappa shape index (κ2) is 7.94. The van der Waals surface area contributed by atoms with Crippen LogP contribution in [0.4, 0.5) is 0 Å². The van der Waals surface area contributed by atoms with Crippen LogP contribution in [0.25, 0.3) is 0 Å². The van der Waals surface area contributed by atoms with Crippen molar-refractivity contribution in [2.75, 3.05) is 13.1 Å². The Morgan fingerprint density at radius 3 is 1.38 bits per heavy atom. The van der Waals surface area contributed by atoms with Crippen LogP contribution in [-0.4, -0.2) is 13.1 Å². The summed E-state index contributed by atoms with van der Waals surface area (Å²) < 4.78 is 0. The highest BCUT2D eigenvalue weighted by Gasteiger charge is 2.20. The predicted octanol–water partition coefficient (Wildman–Crippen LogP) is 3.81. The first-order chi connectivity index (χ1) is 12.5. The van der Waals surface area contributed by atoms with Crippen LogP contribution in [0.3, 0.4) is 0 Å². The lowest BCUT2D eigenvalue weighted by atomic mass is 9.80. The van der Waals surface area contributed by atoms with Gasteiger partial charge < -0.3 is 11.5 Å². The molecule has 0 aliphatic heterocycles. The van der Waals surface area contributed by atoms with Crippen LogP contribution in [0.2, 0.25) is 0 Å². The Hall–Kier alpha value is -1.64. The first kappa shape index (κ1) is 19.1. The molecule has 0 saturated heterocycles. The van der Waals surface area contributed by atoms with Crippen molar-refractivity contribution in [3.8, 4) is 0 Å². The van der Waals surface area contributed by atoms with Crippen molar-refractivity contribution in [1.82, 2.24) is 0 Å². The first-order valence-electron chi connectivity index (χ1n) is 10.1. The Morgan fingerprint density at radius 2 is 1.04 bits per heavy atom. The van der Waals surface area contributed by atoms with E-state index in [2.05, 4.69) is 39.8 Å². The Labute approximate surface area is 159 Å². The molecule has 2 aromatic rings. The lowest BCUT2D eigenvalue weighted by Gasteiger charge is -2.25. The third-order valence-electron chi connectivity index (χ3n) is 6.45. The molecule has 2 aromatic carbocycles. The standard InChI is InChI=1S/C24H34N2/c1-15-13-19-5-7-24-20(14-16(2)18(4)22(24)10-12-26)6-8-23(19)21(9-11-25)17(15)3/h13-14H,5-12,25-26H2,1-4H3. The molecule has 0 spiro atoms. The van der Waals surface area contributed by atoms with Crippen LogP contribution in [-0.2, 0) is 38.5 Å². The fraction of sp³-hybridized carbons (Fsp3) is 0.500. The van der Waals surface area contributed by atoms with Crippen molar-refractivity contribution < 1.29 is 0 Å². The maximum absolute atomic E-state index is 5.94. The van der Waals surface area contributed by atoms with Crippen LogP contribution >= 0.6 is 0 Å². The van der Waals surface area contributed by atoms with Gasteiger partial charge in [-0.1, -0.05) is 12.1 Å². The minimum atomic E-state index is 0.728. The molecule has 3 rings (SSSR count). The zero-order chi connectivity index (χ0) is 18.8. The van der Waals surface area contributed by atoms with Crippen molar-refractivity contribution in [2.45, 2.75) is 66.2 Å². The molecule has 0 unspecified atom stereocenters. The van der Waals surface area contributed by atoms with Gasteiger partial charge in [0.15, 0.2) is 0 Å². The summed E-state index contributed by atoms with van der Waals surface area (Å²) in [7, 11) is 0. The van der Waals surface area contributed by atoms with E-state index in [-0.39, 0.29) is 0 Å². The van der Waals surface area contributed by atoms with Gasteiger partial charge in [0.05, 0.1) is 0 Å². The van der Waals surface area contributed by atoms with E-state index >= 15 is 0 Å². The molecule has 2 heteroatoms. The SMILES string of the molecule is Cc1cc2c(c(CCN)c1C)CCc1cc(C)c(C)c(CCN)c1CC2. The smallest absolute Gasteiger partial charge is 0.00365 e. The second-order valence-electron chi connectivity index (χ2n) is 7.95. The van der Waals surface area contributed by atoms with Crippen molar-refractivity contribution in [2.24, 2.45) is 11.5 Å². The molecule has 1 aliphatic rings. The first-order valence-corrected chi connectivity index (χ1v) is 10.1. The number of hydrogen-bond acceptors (Lipinski definition) is 2. The van der Waals surface area contributed by atoms with Crippen LogP contribution in [0, 0.1) is 27.7 Å². The number of nitrogens with two attached hydrogens (primary N) is 2. The summed E-state index contributed by atoms with van der Waals surface area (Å²) in [4.78, 5) is 0. The summed E-state index contributed by atoms with van der Waals surface area (Å²) in [5.41, 5.74) is 26.8. The van der Waals surface area contributed by atoms with Crippen LogP contribution < -0.4 is 11.5 Å². The van der Waals surface area contributed by atoms with E-state index in [9.17, 15) is 0 Å². The average Bonchev–Trinajstić information content (AvgIpc) is 2.60. The van der Waals surface area contributed by atoms with Crippen LogP contribution in [0.1, 0.15) is 55.6 Å². The quantitative estimate of drug-likeness (QED) is 0.881. The van der Waals surface area contributed by atoms with Crippen LogP contribution in [0.15, 0.2) is 12.1 Å². The van der Waals surface area contributed by atoms with E-state index in [4.69, 9.17) is 11.5 Å². The van der Waals surface area contributed by atoms with Gasteiger partial charge in [-0.3, -0.25) is 0 Å². The molecule has 26 heavy (non-hydrogen) atoms. The van der Waals surface area contributed by atoms with Crippen molar-refractivity contribution >= 4 is 0 Å². The lowest BCUT2D eigenvalue weighted by molar-refractivity contribution is 0.794. The highest BCUT2D eigenvalue weighted by atomic mass is 14.5. The zero-order valence-electron chi connectivity index (χ0n) is 17.0. The van der Waals surface area contributed by atoms with E-state index < -0.39 is 0 Å². The summed E-state index contributed by atoms with van der Waals surface area (Å²) in [5.74, 6) is 0. The fourth-order valence-electron chi connectivity index (χ4n) is 4.78. The Bertz CT molecular complexity index is 748. The predicted molar refractivity (Wildman–Crippen MR) is 112 cm³/mol. The maximum Gasteiger partial charge on any atom is -0.00365 e. The van der Waals surface area contributed by atoms with E-state index in [1.54, 1.807) is 22.3 Å². The van der Waals surface area contributed by atoms with Gasteiger partial charge in [0.1, 0.15) is 0 Å². The van der Waals surface area contributed by atoms with Crippen LogP contribution in [0.5, 0.6) is 0 Å². The largest absolute Gasteiger partial charge is 0.330 e. The van der Waals surface area contributed by atoms with E-state index in [1.807, 2.05) is 0 Å². The molecule has 4 N–H and O–H groups in total. The topological polar surface area (TPSA) is 52.0 Å². The lowest BCUT2D eigenvalue weighted by Crippen LogP contribution is -2.17. The molecule has 0 amide bonds. The molecule has 2 nitrogen and oxygen atoms in total. The number of hydrogen-bond donors (Lipinski definition) is 2. The molecular formula is C24H34N2. The average molecular weight is 351 g/mol. The van der Waals surface area contributed by atoms with E-state index in [0.717, 1.165) is 51.6 Å². The Balaban J connectivity index is 2.08. The summed E-state index contributed by atoms with van der Waals surface area (Å²) in [6.07, 6.45) is 6.50. The van der Waals surface area contributed by atoms with Crippen molar-refractivity contribution in [3.63, 3.8) is 0 Å². The molecule has 0 heterocycles. The highest BCUT2D eigenvalue weighted by molar-refractivity contribution is 5.50. The van der Waals surface area contributed by atoms with Gasteiger partial charge in [-0.2, -0.15) is 0 Å². The minimum Gasteiger partial charge on any atom is -0.330 e. The van der Waals surface area contributed by atoms with Crippen molar-refractivity contribution in [3.05, 3.63) is 67.8 Å². The Morgan fingerprint density at radius 1 is 0.654 bits per heavy atom. The molecule has 0 aromatic heterocycles. The summed E-state index contributed by atoms with van der Waals surface area (Å²) in [6, 6.07) is 4.86. The number of benzene rings is 2. The van der Waals surface area contributed by atoms with E-state index in [1.165, 1.54) is 33.4 Å². The van der Waals surface area contributed by atoms with Gasteiger partial charge in [0.25, 0.3) is 0 Å². The molecule has 0 atom stereocenters. The molecule has 0 fully saturated rings. The fourth-order valence-corrected chi connectivity index (χ4v) is 4.78. The minimum absolute atomic E-state index is 0.728. The van der Waals surface area contributed by atoms with Gasteiger partial charge in [-0.15, -0.1) is 0 Å². The summed E-state index contributed by atoms with van der Waals surface area (Å²) in [5, 5.41) is 0.